The third-order valence-corrected chi connectivity index (χ3v) is 5.28. The number of rotatable bonds is 5. The molecule has 0 N–H and O–H groups in total. The minimum Gasteiger partial charge on any atom is -0.453 e. The van der Waals surface area contributed by atoms with Gasteiger partial charge in [0.2, 0.25) is 0 Å². The van der Waals surface area contributed by atoms with E-state index >= 15 is 0 Å². The molecule has 27 heavy (non-hydrogen) atoms. The first-order chi connectivity index (χ1) is 13.2. The summed E-state index contributed by atoms with van der Waals surface area (Å²) < 4.78 is 6.16. The van der Waals surface area contributed by atoms with Gasteiger partial charge in [0.05, 0.1) is 17.1 Å². The summed E-state index contributed by atoms with van der Waals surface area (Å²) in [6.07, 6.45) is 4.98. The van der Waals surface area contributed by atoms with Crippen LogP contribution in [0.1, 0.15) is 42.9 Å². The number of anilines is 3. The number of unbranched alkanes of at least 4 members (excludes halogenated alkanes) is 2. The largest absolute Gasteiger partial charge is 0.453 e. The van der Waals surface area contributed by atoms with E-state index in [1.54, 1.807) is 0 Å². The Kier molecular flexibility index (Phi) is 4.89. The van der Waals surface area contributed by atoms with Gasteiger partial charge in [0, 0.05) is 0 Å². The number of ether oxygens (including phenoxy) is 1. The van der Waals surface area contributed by atoms with Crippen LogP contribution in [0, 0.1) is 13.8 Å². The van der Waals surface area contributed by atoms with E-state index in [1.165, 1.54) is 41.6 Å². The summed E-state index contributed by atoms with van der Waals surface area (Å²) in [7, 11) is 0. The highest BCUT2D eigenvalue weighted by atomic mass is 16.5. The maximum absolute atomic E-state index is 6.16. The molecule has 0 spiro atoms. The van der Waals surface area contributed by atoms with Gasteiger partial charge in [-0.05, 0) is 67.6 Å². The molecule has 0 fully saturated rings. The van der Waals surface area contributed by atoms with Crippen LogP contribution in [-0.2, 0) is 6.42 Å². The van der Waals surface area contributed by atoms with Crippen LogP contribution in [0.25, 0.3) is 0 Å². The van der Waals surface area contributed by atoms with E-state index in [2.05, 4.69) is 62.1 Å². The Morgan fingerprint density at radius 2 is 1.33 bits per heavy atom. The molecule has 138 valence electrons. The number of nitrogens with zero attached hydrogens (tertiary/aromatic N) is 1. The van der Waals surface area contributed by atoms with Gasteiger partial charge in [-0.3, -0.25) is 0 Å². The minimum absolute atomic E-state index is 0.905. The molecule has 1 aliphatic rings. The number of hydrogen-bond donors (Lipinski definition) is 0. The fourth-order valence-corrected chi connectivity index (χ4v) is 4.07. The Balaban J connectivity index is 1.82. The molecule has 0 saturated heterocycles. The maximum Gasteiger partial charge on any atom is 0.151 e. The van der Waals surface area contributed by atoms with Crippen molar-refractivity contribution in [2.75, 3.05) is 4.90 Å². The van der Waals surface area contributed by atoms with Gasteiger partial charge in [0.15, 0.2) is 11.5 Å². The average molecular weight is 357 g/mol. The predicted octanol–water partition coefficient (Wildman–Crippen LogP) is 7.61. The molecular formula is C25H27NO. The van der Waals surface area contributed by atoms with E-state index in [1.807, 2.05) is 24.3 Å². The molecule has 0 radical (unpaired) electrons. The smallest absolute Gasteiger partial charge is 0.151 e. The molecular weight excluding hydrogens is 330 g/mol. The van der Waals surface area contributed by atoms with Crippen molar-refractivity contribution in [3.63, 3.8) is 0 Å². The molecule has 0 amide bonds. The van der Waals surface area contributed by atoms with Crippen LogP contribution in [-0.4, -0.2) is 0 Å². The zero-order chi connectivity index (χ0) is 18.8. The van der Waals surface area contributed by atoms with E-state index < -0.39 is 0 Å². The topological polar surface area (TPSA) is 12.5 Å². The summed E-state index contributed by atoms with van der Waals surface area (Å²) >= 11 is 0. The molecule has 0 saturated carbocycles. The van der Waals surface area contributed by atoms with Gasteiger partial charge in [0.1, 0.15) is 0 Å². The molecule has 3 aromatic carbocycles. The lowest BCUT2D eigenvalue weighted by Crippen LogP contribution is -2.17. The molecule has 0 unspecified atom stereocenters. The first-order valence-electron chi connectivity index (χ1n) is 9.95. The van der Waals surface area contributed by atoms with E-state index in [0.717, 1.165) is 29.3 Å². The highest BCUT2D eigenvalue weighted by molar-refractivity contribution is 5.88. The summed E-state index contributed by atoms with van der Waals surface area (Å²) in [6, 6.07) is 21.3. The van der Waals surface area contributed by atoms with E-state index in [0.29, 0.717) is 0 Å². The van der Waals surface area contributed by atoms with Crippen molar-refractivity contribution in [2.45, 2.75) is 46.5 Å². The lowest BCUT2D eigenvalue weighted by molar-refractivity contribution is 0.477. The van der Waals surface area contributed by atoms with Crippen molar-refractivity contribution >= 4 is 17.1 Å². The molecule has 1 aliphatic heterocycles. The second-order valence-electron chi connectivity index (χ2n) is 7.41. The van der Waals surface area contributed by atoms with Crippen LogP contribution in [0.15, 0.2) is 60.7 Å². The maximum atomic E-state index is 6.16. The molecule has 3 aromatic rings. The van der Waals surface area contributed by atoms with Gasteiger partial charge in [-0.2, -0.15) is 0 Å². The third-order valence-electron chi connectivity index (χ3n) is 5.28. The molecule has 2 nitrogen and oxygen atoms in total. The Bertz CT molecular complexity index is 892. The van der Waals surface area contributed by atoms with Gasteiger partial charge in [-0.15, -0.1) is 0 Å². The van der Waals surface area contributed by atoms with Gasteiger partial charge >= 0.3 is 0 Å². The zero-order valence-electron chi connectivity index (χ0n) is 16.5. The average Bonchev–Trinajstić information content (AvgIpc) is 2.67. The number of benzene rings is 3. The Hall–Kier alpha value is -2.74. The lowest BCUT2D eigenvalue weighted by atomic mass is 9.98. The molecule has 2 heteroatoms. The van der Waals surface area contributed by atoms with Crippen molar-refractivity contribution < 1.29 is 4.74 Å². The van der Waals surface area contributed by atoms with E-state index in [-0.39, 0.29) is 0 Å². The predicted molar refractivity (Wildman–Crippen MR) is 114 cm³/mol. The normalized spacial score (nSPS) is 12.3. The highest BCUT2D eigenvalue weighted by Crippen LogP contribution is 2.51. The van der Waals surface area contributed by atoms with Crippen LogP contribution >= 0.6 is 0 Å². The van der Waals surface area contributed by atoms with Crippen molar-refractivity contribution in [1.29, 1.82) is 0 Å². The third kappa shape index (κ3) is 3.32. The minimum atomic E-state index is 0.905. The summed E-state index contributed by atoms with van der Waals surface area (Å²) in [5, 5.41) is 0. The summed E-state index contributed by atoms with van der Waals surface area (Å²) in [4.78, 5) is 2.36. The van der Waals surface area contributed by atoms with Gasteiger partial charge in [-0.1, -0.05) is 56.2 Å². The van der Waals surface area contributed by atoms with Gasteiger partial charge < -0.3 is 9.64 Å². The quantitative estimate of drug-likeness (QED) is 0.341. The number of fused-ring (bicyclic) bond motifs is 2. The van der Waals surface area contributed by atoms with Gasteiger partial charge in [0.25, 0.3) is 0 Å². The van der Waals surface area contributed by atoms with E-state index in [9.17, 15) is 0 Å². The molecule has 0 aromatic heterocycles. The highest BCUT2D eigenvalue weighted by Gasteiger charge is 2.27. The fraction of sp³-hybridized carbons (Fsp3) is 0.280. The van der Waals surface area contributed by atoms with Crippen LogP contribution in [0.3, 0.4) is 0 Å². The number of para-hydroxylation sites is 4. The zero-order valence-corrected chi connectivity index (χ0v) is 16.5. The van der Waals surface area contributed by atoms with Crippen molar-refractivity contribution in [3.8, 4) is 11.5 Å². The molecule has 4 rings (SSSR count). The lowest BCUT2D eigenvalue weighted by Gasteiger charge is -2.34. The Labute approximate surface area is 162 Å². The SMILES string of the molecule is CCCCCc1cc(C)c(N2c3ccccc3Oc3ccccc32)c(C)c1. The van der Waals surface area contributed by atoms with Crippen LogP contribution < -0.4 is 9.64 Å². The monoisotopic (exact) mass is 357 g/mol. The van der Waals surface area contributed by atoms with Crippen molar-refractivity contribution in [1.82, 2.24) is 0 Å². The Morgan fingerprint density at radius 3 is 1.89 bits per heavy atom. The summed E-state index contributed by atoms with van der Waals surface area (Å²) in [6.45, 7) is 6.71. The fourth-order valence-electron chi connectivity index (χ4n) is 4.07. The molecule has 1 heterocycles. The van der Waals surface area contributed by atoms with Crippen LogP contribution in [0.5, 0.6) is 11.5 Å². The second-order valence-corrected chi connectivity index (χ2v) is 7.41. The van der Waals surface area contributed by atoms with Crippen molar-refractivity contribution in [2.24, 2.45) is 0 Å². The molecule has 0 aliphatic carbocycles. The summed E-state index contributed by atoms with van der Waals surface area (Å²) in [5.74, 6) is 1.81. The molecule has 0 bridgehead atoms. The Morgan fingerprint density at radius 1 is 0.778 bits per heavy atom. The second kappa shape index (κ2) is 7.48. The number of hydrogen-bond acceptors (Lipinski definition) is 2. The summed E-state index contributed by atoms with van der Waals surface area (Å²) in [5.41, 5.74) is 7.53. The number of aryl methyl sites for hydroxylation is 3. The first kappa shape index (κ1) is 17.7. The van der Waals surface area contributed by atoms with E-state index in [4.69, 9.17) is 4.74 Å². The standard InChI is InChI=1S/C25H27NO/c1-4-5-6-11-20-16-18(2)25(19(3)17-20)26-21-12-7-9-14-23(21)27-24-15-10-8-13-22(24)26/h7-10,12-17H,4-6,11H2,1-3H3. The van der Waals surface area contributed by atoms with Crippen molar-refractivity contribution in [3.05, 3.63) is 77.4 Å². The molecule has 0 atom stereocenters. The van der Waals surface area contributed by atoms with Crippen LogP contribution in [0.2, 0.25) is 0 Å². The van der Waals surface area contributed by atoms with Crippen LogP contribution in [0.4, 0.5) is 17.1 Å². The van der Waals surface area contributed by atoms with Gasteiger partial charge in [-0.25, -0.2) is 0 Å². The first-order valence-corrected chi connectivity index (χ1v) is 9.95.